The van der Waals surface area contributed by atoms with E-state index in [1.54, 1.807) is 6.07 Å². The molecule has 18 heavy (non-hydrogen) atoms. The molecular weight excluding hydrogens is 227 g/mol. The minimum Gasteiger partial charge on any atom is -0.366 e. The molecule has 0 unspecified atom stereocenters. The highest BCUT2D eigenvalue weighted by molar-refractivity contribution is 5.61. The van der Waals surface area contributed by atoms with Crippen LogP contribution in [-0.2, 0) is 6.54 Å². The van der Waals surface area contributed by atoms with Gasteiger partial charge in [0.1, 0.15) is 5.82 Å². The monoisotopic (exact) mass is 250 g/mol. The number of rotatable bonds is 2. The van der Waals surface area contributed by atoms with Gasteiger partial charge in [-0.25, -0.2) is 4.39 Å². The van der Waals surface area contributed by atoms with Gasteiger partial charge in [-0.2, -0.15) is 0 Å². The SMILES string of the molecule is CCN1c2cc(F)c(CN)cc2[C@@H](C)CC1(C)C. The van der Waals surface area contributed by atoms with Crippen LogP contribution in [0.5, 0.6) is 0 Å². The lowest BCUT2D eigenvalue weighted by Gasteiger charge is -2.47. The second-order valence-corrected chi connectivity index (χ2v) is 5.87. The van der Waals surface area contributed by atoms with E-state index in [0.29, 0.717) is 11.5 Å². The molecule has 1 aliphatic heterocycles. The summed E-state index contributed by atoms with van der Waals surface area (Å²) >= 11 is 0. The molecule has 0 saturated carbocycles. The predicted molar refractivity (Wildman–Crippen MR) is 74.4 cm³/mol. The number of anilines is 1. The lowest BCUT2D eigenvalue weighted by atomic mass is 9.79. The molecule has 0 bridgehead atoms. The highest BCUT2D eigenvalue weighted by Gasteiger charge is 2.35. The maximum Gasteiger partial charge on any atom is 0.129 e. The van der Waals surface area contributed by atoms with Crippen molar-refractivity contribution in [2.45, 2.75) is 52.1 Å². The van der Waals surface area contributed by atoms with Gasteiger partial charge in [-0.05, 0) is 50.8 Å². The molecule has 0 aliphatic carbocycles. The number of nitrogens with zero attached hydrogens (tertiary/aromatic N) is 1. The van der Waals surface area contributed by atoms with E-state index in [1.165, 1.54) is 5.56 Å². The second kappa shape index (κ2) is 4.54. The summed E-state index contributed by atoms with van der Waals surface area (Å²) in [5, 5.41) is 0. The van der Waals surface area contributed by atoms with Crippen LogP contribution in [0.1, 0.15) is 51.2 Å². The van der Waals surface area contributed by atoms with Crippen molar-refractivity contribution in [2.75, 3.05) is 11.4 Å². The van der Waals surface area contributed by atoms with Gasteiger partial charge in [0.05, 0.1) is 0 Å². The summed E-state index contributed by atoms with van der Waals surface area (Å²) < 4.78 is 14.0. The Labute approximate surface area is 109 Å². The molecule has 0 fully saturated rings. The number of benzene rings is 1. The Hall–Kier alpha value is -1.09. The fourth-order valence-electron chi connectivity index (χ4n) is 3.31. The van der Waals surface area contributed by atoms with Gasteiger partial charge in [-0.15, -0.1) is 0 Å². The van der Waals surface area contributed by atoms with Gasteiger partial charge in [-0.3, -0.25) is 0 Å². The maximum absolute atomic E-state index is 14.0. The molecule has 1 aromatic carbocycles. The van der Waals surface area contributed by atoms with E-state index in [-0.39, 0.29) is 17.9 Å². The summed E-state index contributed by atoms with van der Waals surface area (Å²) in [6.45, 7) is 9.95. The highest BCUT2D eigenvalue weighted by Crippen LogP contribution is 2.43. The van der Waals surface area contributed by atoms with E-state index in [4.69, 9.17) is 5.73 Å². The lowest BCUT2D eigenvalue weighted by molar-refractivity contribution is 0.380. The molecule has 1 aliphatic rings. The van der Waals surface area contributed by atoms with Gasteiger partial charge in [0.25, 0.3) is 0 Å². The van der Waals surface area contributed by atoms with Crippen molar-refractivity contribution in [2.24, 2.45) is 5.73 Å². The first-order valence-corrected chi connectivity index (χ1v) is 6.70. The van der Waals surface area contributed by atoms with Crippen LogP contribution in [0.25, 0.3) is 0 Å². The molecule has 0 radical (unpaired) electrons. The van der Waals surface area contributed by atoms with Crippen LogP contribution in [0.2, 0.25) is 0 Å². The van der Waals surface area contributed by atoms with Crippen LogP contribution < -0.4 is 10.6 Å². The summed E-state index contributed by atoms with van der Waals surface area (Å²) in [7, 11) is 0. The Kier molecular flexibility index (Phi) is 3.37. The van der Waals surface area contributed by atoms with E-state index in [0.717, 1.165) is 18.7 Å². The fourth-order valence-corrected chi connectivity index (χ4v) is 3.31. The maximum atomic E-state index is 14.0. The molecule has 0 spiro atoms. The van der Waals surface area contributed by atoms with Crippen molar-refractivity contribution in [3.05, 3.63) is 29.1 Å². The molecule has 1 atom stereocenters. The van der Waals surface area contributed by atoms with Crippen molar-refractivity contribution in [3.8, 4) is 0 Å². The Bertz CT molecular complexity index is 454. The normalized spacial score (nSPS) is 21.9. The molecule has 1 heterocycles. The van der Waals surface area contributed by atoms with E-state index < -0.39 is 0 Å². The highest BCUT2D eigenvalue weighted by atomic mass is 19.1. The number of halogens is 1. The standard InChI is InChI=1S/C15H23FN2/c1-5-18-14-7-13(16)11(9-17)6-12(14)10(2)8-15(18,3)4/h6-7,10H,5,8-9,17H2,1-4H3/t10-/m0/s1. The average Bonchev–Trinajstić information content (AvgIpc) is 2.27. The lowest BCUT2D eigenvalue weighted by Crippen LogP contribution is -2.48. The molecular formula is C15H23FN2. The molecule has 0 saturated heterocycles. The zero-order valence-corrected chi connectivity index (χ0v) is 11.8. The summed E-state index contributed by atoms with van der Waals surface area (Å²) in [6.07, 6.45) is 1.09. The number of hydrogen-bond donors (Lipinski definition) is 1. The second-order valence-electron chi connectivity index (χ2n) is 5.87. The van der Waals surface area contributed by atoms with Crippen molar-refractivity contribution < 1.29 is 4.39 Å². The third kappa shape index (κ3) is 2.01. The predicted octanol–water partition coefficient (Wildman–Crippen LogP) is 3.40. The van der Waals surface area contributed by atoms with E-state index in [9.17, 15) is 4.39 Å². The topological polar surface area (TPSA) is 29.3 Å². The zero-order valence-electron chi connectivity index (χ0n) is 11.8. The molecule has 2 nitrogen and oxygen atoms in total. The van der Waals surface area contributed by atoms with Crippen LogP contribution in [0.4, 0.5) is 10.1 Å². The fraction of sp³-hybridized carbons (Fsp3) is 0.600. The van der Waals surface area contributed by atoms with Gasteiger partial charge in [0, 0.05) is 29.9 Å². The minimum atomic E-state index is -0.181. The molecule has 0 aromatic heterocycles. The van der Waals surface area contributed by atoms with Crippen molar-refractivity contribution >= 4 is 5.69 Å². The molecule has 2 rings (SSSR count). The Morgan fingerprint density at radius 3 is 2.67 bits per heavy atom. The number of hydrogen-bond acceptors (Lipinski definition) is 2. The van der Waals surface area contributed by atoms with Gasteiger partial charge in [0.2, 0.25) is 0 Å². The third-order valence-corrected chi connectivity index (χ3v) is 4.09. The average molecular weight is 250 g/mol. The molecule has 0 amide bonds. The molecule has 2 N–H and O–H groups in total. The Morgan fingerprint density at radius 2 is 2.11 bits per heavy atom. The van der Waals surface area contributed by atoms with Gasteiger partial charge < -0.3 is 10.6 Å². The van der Waals surface area contributed by atoms with Gasteiger partial charge in [-0.1, -0.05) is 6.92 Å². The minimum absolute atomic E-state index is 0.0812. The van der Waals surface area contributed by atoms with Crippen molar-refractivity contribution in [1.82, 2.24) is 0 Å². The van der Waals surface area contributed by atoms with Crippen LogP contribution in [0, 0.1) is 5.82 Å². The zero-order chi connectivity index (χ0) is 13.5. The first kappa shape index (κ1) is 13.3. The number of nitrogens with two attached hydrogens (primary N) is 1. The molecule has 3 heteroatoms. The summed E-state index contributed by atoms with van der Waals surface area (Å²) in [5.41, 5.74) is 8.57. The van der Waals surface area contributed by atoms with E-state index >= 15 is 0 Å². The quantitative estimate of drug-likeness (QED) is 0.871. The largest absolute Gasteiger partial charge is 0.366 e. The van der Waals surface area contributed by atoms with Crippen LogP contribution >= 0.6 is 0 Å². The summed E-state index contributed by atoms with van der Waals surface area (Å²) in [5.74, 6) is 0.267. The number of fused-ring (bicyclic) bond motifs is 1. The molecule has 100 valence electrons. The van der Waals surface area contributed by atoms with Gasteiger partial charge >= 0.3 is 0 Å². The van der Waals surface area contributed by atoms with Crippen LogP contribution in [0.15, 0.2) is 12.1 Å². The smallest absolute Gasteiger partial charge is 0.129 e. The summed E-state index contributed by atoms with van der Waals surface area (Å²) in [6, 6.07) is 3.62. The molecule has 1 aromatic rings. The van der Waals surface area contributed by atoms with Crippen molar-refractivity contribution in [1.29, 1.82) is 0 Å². The van der Waals surface area contributed by atoms with E-state index in [1.807, 2.05) is 6.07 Å². The summed E-state index contributed by atoms with van der Waals surface area (Å²) in [4.78, 5) is 2.30. The van der Waals surface area contributed by atoms with Gasteiger partial charge in [0.15, 0.2) is 0 Å². The first-order valence-electron chi connectivity index (χ1n) is 6.70. The van der Waals surface area contributed by atoms with E-state index in [2.05, 4.69) is 32.6 Å². The van der Waals surface area contributed by atoms with Crippen LogP contribution in [0.3, 0.4) is 0 Å². The van der Waals surface area contributed by atoms with Crippen molar-refractivity contribution in [3.63, 3.8) is 0 Å². The Balaban J connectivity index is 2.59. The first-order chi connectivity index (χ1) is 8.40. The Morgan fingerprint density at radius 1 is 1.44 bits per heavy atom. The van der Waals surface area contributed by atoms with Crippen LogP contribution in [-0.4, -0.2) is 12.1 Å². The third-order valence-electron chi connectivity index (χ3n) is 4.09.